The molecule has 0 bridgehead atoms. The van der Waals surface area contributed by atoms with Gasteiger partial charge in [-0.15, -0.1) is 0 Å². The summed E-state index contributed by atoms with van der Waals surface area (Å²) in [4.78, 5) is 0. The van der Waals surface area contributed by atoms with Crippen LogP contribution < -0.4 is 11.1 Å². The van der Waals surface area contributed by atoms with Crippen molar-refractivity contribution in [2.45, 2.75) is 33.1 Å². The molecule has 3 N–H and O–H groups in total. The van der Waals surface area contributed by atoms with Crippen molar-refractivity contribution in [2.75, 3.05) is 19.6 Å². The van der Waals surface area contributed by atoms with E-state index in [0.717, 1.165) is 26.1 Å². The van der Waals surface area contributed by atoms with Crippen molar-refractivity contribution in [1.29, 1.82) is 0 Å². The van der Waals surface area contributed by atoms with Gasteiger partial charge in [0.05, 0.1) is 0 Å². The predicted molar refractivity (Wildman–Crippen MR) is 75.3 cm³/mol. The first-order valence-corrected chi connectivity index (χ1v) is 6.63. The summed E-state index contributed by atoms with van der Waals surface area (Å²) in [6, 6.07) is 8.96. The highest BCUT2D eigenvalue weighted by Gasteiger charge is 2.00. The highest BCUT2D eigenvalue weighted by atomic mass is 14.9. The van der Waals surface area contributed by atoms with E-state index in [1.54, 1.807) is 0 Å². The molecule has 0 amide bonds. The minimum absolute atomic E-state index is 0.568. The Morgan fingerprint density at radius 3 is 2.29 bits per heavy atom. The third-order valence-corrected chi connectivity index (χ3v) is 3.13. The fraction of sp³-hybridized carbons (Fsp3) is 0.600. The third-order valence-electron chi connectivity index (χ3n) is 3.13. The van der Waals surface area contributed by atoms with Crippen LogP contribution in [-0.2, 0) is 6.42 Å². The molecule has 17 heavy (non-hydrogen) atoms. The SMILES string of the molecule is CC(CN)CNCCc1ccc(C(C)C)cc1. The lowest BCUT2D eigenvalue weighted by molar-refractivity contribution is 0.524. The lowest BCUT2D eigenvalue weighted by Gasteiger charge is -2.10. The Kier molecular flexibility index (Phi) is 6.23. The number of benzene rings is 1. The van der Waals surface area contributed by atoms with E-state index in [1.165, 1.54) is 11.1 Å². The zero-order valence-electron chi connectivity index (χ0n) is 11.4. The molecule has 1 aromatic carbocycles. The van der Waals surface area contributed by atoms with E-state index >= 15 is 0 Å². The monoisotopic (exact) mass is 234 g/mol. The molecular formula is C15H26N2. The van der Waals surface area contributed by atoms with E-state index < -0.39 is 0 Å². The van der Waals surface area contributed by atoms with Crippen LogP contribution in [0.3, 0.4) is 0 Å². The fourth-order valence-electron chi connectivity index (χ4n) is 1.73. The molecular weight excluding hydrogens is 208 g/mol. The predicted octanol–water partition coefficient (Wildman–Crippen LogP) is 2.54. The van der Waals surface area contributed by atoms with E-state index in [9.17, 15) is 0 Å². The summed E-state index contributed by atoms with van der Waals surface area (Å²) in [5.74, 6) is 1.19. The number of hydrogen-bond donors (Lipinski definition) is 2. The number of hydrogen-bond acceptors (Lipinski definition) is 2. The summed E-state index contributed by atoms with van der Waals surface area (Å²) in [5, 5.41) is 3.44. The van der Waals surface area contributed by atoms with Gasteiger partial charge in [0.2, 0.25) is 0 Å². The molecule has 2 nitrogen and oxygen atoms in total. The van der Waals surface area contributed by atoms with Gasteiger partial charge < -0.3 is 11.1 Å². The Morgan fingerprint density at radius 1 is 1.12 bits per heavy atom. The van der Waals surface area contributed by atoms with Crippen LogP contribution in [0.1, 0.15) is 37.8 Å². The summed E-state index contributed by atoms with van der Waals surface area (Å²) in [6.07, 6.45) is 1.09. The second-order valence-electron chi connectivity index (χ2n) is 5.19. The van der Waals surface area contributed by atoms with Crippen molar-refractivity contribution in [3.63, 3.8) is 0 Å². The number of rotatable bonds is 7. The van der Waals surface area contributed by atoms with Gasteiger partial charge in [-0.25, -0.2) is 0 Å². The molecule has 0 radical (unpaired) electrons. The lowest BCUT2D eigenvalue weighted by atomic mass is 10.0. The van der Waals surface area contributed by atoms with Crippen molar-refractivity contribution in [1.82, 2.24) is 5.32 Å². The van der Waals surface area contributed by atoms with Crippen LogP contribution in [0.4, 0.5) is 0 Å². The summed E-state index contributed by atoms with van der Waals surface area (Å²) in [5.41, 5.74) is 8.39. The average Bonchev–Trinajstić information content (AvgIpc) is 2.34. The second-order valence-corrected chi connectivity index (χ2v) is 5.19. The van der Waals surface area contributed by atoms with E-state index in [4.69, 9.17) is 5.73 Å². The van der Waals surface area contributed by atoms with E-state index in [2.05, 4.69) is 50.4 Å². The Bertz CT molecular complexity index is 303. The molecule has 1 aromatic rings. The first-order valence-electron chi connectivity index (χ1n) is 6.63. The van der Waals surface area contributed by atoms with Crippen LogP contribution in [0, 0.1) is 5.92 Å². The quantitative estimate of drug-likeness (QED) is 0.712. The van der Waals surface area contributed by atoms with Gasteiger partial charge in [0.1, 0.15) is 0 Å². The molecule has 96 valence electrons. The van der Waals surface area contributed by atoms with Crippen molar-refractivity contribution < 1.29 is 0 Å². The standard InChI is InChI=1S/C15H26N2/c1-12(2)15-6-4-14(5-7-15)8-9-17-11-13(3)10-16/h4-7,12-13,17H,8-11,16H2,1-3H3. The maximum absolute atomic E-state index is 5.57. The van der Waals surface area contributed by atoms with E-state index in [-0.39, 0.29) is 0 Å². The third kappa shape index (κ3) is 5.33. The van der Waals surface area contributed by atoms with Gasteiger partial charge >= 0.3 is 0 Å². The maximum atomic E-state index is 5.57. The molecule has 1 atom stereocenters. The maximum Gasteiger partial charge on any atom is -0.000823 e. The fourth-order valence-corrected chi connectivity index (χ4v) is 1.73. The van der Waals surface area contributed by atoms with Gasteiger partial charge in [0.25, 0.3) is 0 Å². The first kappa shape index (κ1) is 14.2. The highest BCUT2D eigenvalue weighted by molar-refractivity contribution is 5.24. The van der Waals surface area contributed by atoms with Crippen LogP contribution in [0.2, 0.25) is 0 Å². The van der Waals surface area contributed by atoms with Crippen LogP contribution in [0.15, 0.2) is 24.3 Å². The zero-order valence-corrected chi connectivity index (χ0v) is 11.4. The topological polar surface area (TPSA) is 38.0 Å². The van der Waals surface area contributed by atoms with Crippen molar-refractivity contribution in [3.05, 3.63) is 35.4 Å². The summed E-state index contributed by atoms with van der Waals surface area (Å²) < 4.78 is 0. The molecule has 0 aliphatic heterocycles. The highest BCUT2D eigenvalue weighted by Crippen LogP contribution is 2.14. The zero-order chi connectivity index (χ0) is 12.7. The Morgan fingerprint density at radius 2 is 1.76 bits per heavy atom. The largest absolute Gasteiger partial charge is 0.330 e. The molecule has 0 heterocycles. The number of nitrogens with one attached hydrogen (secondary N) is 1. The molecule has 1 rings (SSSR count). The van der Waals surface area contributed by atoms with Gasteiger partial charge in [-0.05, 0) is 49.0 Å². The molecule has 0 spiro atoms. The lowest BCUT2D eigenvalue weighted by Crippen LogP contribution is -2.27. The molecule has 0 fully saturated rings. The summed E-state index contributed by atoms with van der Waals surface area (Å²) in [7, 11) is 0. The van der Waals surface area contributed by atoms with Crippen molar-refractivity contribution >= 4 is 0 Å². The minimum Gasteiger partial charge on any atom is -0.330 e. The molecule has 0 aromatic heterocycles. The Balaban J connectivity index is 2.28. The molecule has 0 saturated carbocycles. The normalized spacial score (nSPS) is 13.0. The average molecular weight is 234 g/mol. The molecule has 0 saturated heterocycles. The van der Waals surface area contributed by atoms with Crippen LogP contribution in [-0.4, -0.2) is 19.6 Å². The van der Waals surface area contributed by atoms with E-state index in [1.807, 2.05) is 0 Å². The van der Waals surface area contributed by atoms with Gasteiger partial charge in [-0.2, -0.15) is 0 Å². The van der Waals surface area contributed by atoms with Gasteiger partial charge in [0.15, 0.2) is 0 Å². The van der Waals surface area contributed by atoms with Gasteiger partial charge in [-0.3, -0.25) is 0 Å². The Hall–Kier alpha value is -0.860. The number of nitrogens with two attached hydrogens (primary N) is 1. The van der Waals surface area contributed by atoms with Crippen LogP contribution in [0.25, 0.3) is 0 Å². The molecule has 0 aliphatic rings. The summed E-state index contributed by atoms with van der Waals surface area (Å²) in [6.45, 7) is 9.43. The minimum atomic E-state index is 0.568. The second kappa shape index (κ2) is 7.46. The molecule has 2 heteroatoms. The smallest absolute Gasteiger partial charge is 0.000823 e. The first-order chi connectivity index (χ1) is 8.13. The molecule has 0 aliphatic carbocycles. The van der Waals surface area contributed by atoms with Crippen molar-refractivity contribution in [2.24, 2.45) is 11.7 Å². The summed E-state index contributed by atoms with van der Waals surface area (Å²) >= 11 is 0. The Labute approximate surface area is 106 Å². The van der Waals surface area contributed by atoms with Crippen molar-refractivity contribution in [3.8, 4) is 0 Å². The van der Waals surface area contributed by atoms with Crippen LogP contribution >= 0.6 is 0 Å². The van der Waals surface area contributed by atoms with E-state index in [0.29, 0.717) is 11.8 Å². The molecule has 1 unspecified atom stereocenters. The van der Waals surface area contributed by atoms with Gasteiger partial charge in [-0.1, -0.05) is 45.0 Å². The van der Waals surface area contributed by atoms with Gasteiger partial charge in [0, 0.05) is 0 Å². The van der Waals surface area contributed by atoms with Crippen LogP contribution in [0.5, 0.6) is 0 Å².